The van der Waals surface area contributed by atoms with Gasteiger partial charge in [0.05, 0.1) is 6.04 Å². The molecule has 0 saturated carbocycles. The van der Waals surface area contributed by atoms with Gasteiger partial charge in [0.2, 0.25) is 0 Å². The number of nitrogens with zero attached hydrogens (tertiary/aromatic N) is 1. The van der Waals surface area contributed by atoms with Gasteiger partial charge >= 0.3 is 0 Å². The molecule has 0 spiro atoms. The van der Waals surface area contributed by atoms with Crippen LogP contribution in [0.2, 0.25) is 0 Å². The standard InChI is InChI=1S/C27H28FN3O2/c1-17(8-9-19-5-3-7-22(28)13-19)24-14-21(26(32)25-18(2)31-25)10-11-23(24)27(33)30-16-20-6-4-12-29-15-20/h3-6,10-15,18,22,25,31H,1,7-9,16H2,2H3,(H,30,33). The van der Waals surface area contributed by atoms with Crippen LogP contribution in [0, 0.1) is 0 Å². The molecule has 33 heavy (non-hydrogen) atoms. The van der Waals surface area contributed by atoms with Crippen molar-refractivity contribution in [3.63, 3.8) is 0 Å². The lowest BCUT2D eigenvalue weighted by Crippen LogP contribution is -2.24. The summed E-state index contributed by atoms with van der Waals surface area (Å²) in [7, 11) is 0. The Hall–Kier alpha value is -3.38. The minimum absolute atomic E-state index is 0.0112. The Labute approximate surface area is 193 Å². The molecule has 1 aliphatic heterocycles. The molecule has 2 heterocycles. The van der Waals surface area contributed by atoms with Crippen LogP contribution >= 0.6 is 0 Å². The van der Waals surface area contributed by atoms with Crippen molar-refractivity contribution in [3.05, 3.63) is 95.4 Å². The molecule has 1 saturated heterocycles. The number of pyridine rings is 1. The third-order valence-electron chi connectivity index (χ3n) is 6.02. The lowest BCUT2D eigenvalue weighted by molar-refractivity contribution is 0.0947. The number of Topliss-reactive ketones (excluding diaryl/α,β-unsaturated/α-hetero) is 1. The zero-order valence-electron chi connectivity index (χ0n) is 18.7. The van der Waals surface area contributed by atoms with Crippen molar-refractivity contribution in [1.29, 1.82) is 0 Å². The highest BCUT2D eigenvalue weighted by Gasteiger charge is 2.38. The smallest absolute Gasteiger partial charge is 0.252 e. The zero-order valence-corrected chi connectivity index (χ0v) is 18.7. The van der Waals surface area contributed by atoms with Crippen LogP contribution in [0.15, 0.2) is 73.1 Å². The maximum absolute atomic E-state index is 13.7. The Balaban J connectivity index is 1.54. The van der Waals surface area contributed by atoms with Gasteiger partial charge in [0.1, 0.15) is 6.17 Å². The van der Waals surface area contributed by atoms with E-state index in [1.807, 2.05) is 31.2 Å². The van der Waals surface area contributed by atoms with Gasteiger partial charge in [-0.2, -0.15) is 0 Å². The van der Waals surface area contributed by atoms with E-state index in [2.05, 4.69) is 22.2 Å². The van der Waals surface area contributed by atoms with E-state index in [-0.39, 0.29) is 23.8 Å². The molecular formula is C27H28FN3O2. The number of rotatable bonds is 9. The van der Waals surface area contributed by atoms with Gasteiger partial charge in [-0.3, -0.25) is 14.6 Å². The summed E-state index contributed by atoms with van der Waals surface area (Å²) in [5.74, 6) is -0.232. The number of allylic oxidation sites excluding steroid dienone is 5. The molecule has 2 aliphatic rings. The highest BCUT2D eigenvalue weighted by Crippen LogP contribution is 2.28. The number of carbonyl (C=O) groups excluding carboxylic acids is 2. The summed E-state index contributed by atoms with van der Waals surface area (Å²) in [6.45, 7) is 6.51. The van der Waals surface area contributed by atoms with E-state index < -0.39 is 6.17 Å². The van der Waals surface area contributed by atoms with E-state index in [1.165, 1.54) is 0 Å². The van der Waals surface area contributed by atoms with Crippen LogP contribution in [0.4, 0.5) is 4.39 Å². The summed E-state index contributed by atoms with van der Waals surface area (Å²) in [5.41, 5.74) is 4.22. The summed E-state index contributed by atoms with van der Waals surface area (Å²) < 4.78 is 13.7. The number of hydrogen-bond acceptors (Lipinski definition) is 4. The summed E-state index contributed by atoms with van der Waals surface area (Å²) in [4.78, 5) is 29.9. The van der Waals surface area contributed by atoms with Gasteiger partial charge in [0.25, 0.3) is 5.91 Å². The number of nitrogens with one attached hydrogen (secondary N) is 2. The maximum atomic E-state index is 13.7. The molecule has 3 atom stereocenters. The average molecular weight is 446 g/mol. The van der Waals surface area contributed by atoms with E-state index in [9.17, 15) is 14.0 Å². The highest BCUT2D eigenvalue weighted by atomic mass is 19.1. The van der Waals surface area contributed by atoms with Crippen LogP contribution in [0.1, 0.15) is 58.0 Å². The second-order valence-electron chi connectivity index (χ2n) is 8.60. The van der Waals surface area contributed by atoms with Gasteiger partial charge in [0, 0.05) is 42.5 Å². The number of carbonyl (C=O) groups is 2. The van der Waals surface area contributed by atoms with Crippen LogP contribution < -0.4 is 10.6 Å². The van der Waals surface area contributed by atoms with Crippen molar-refractivity contribution >= 4 is 17.3 Å². The topological polar surface area (TPSA) is 81.0 Å². The molecule has 0 radical (unpaired) electrons. The fourth-order valence-corrected chi connectivity index (χ4v) is 3.98. The molecule has 2 aromatic rings. The fourth-order valence-electron chi connectivity index (χ4n) is 3.98. The number of aromatic nitrogens is 1. The molecule has 1 aromatic carbocycles. The van der Waals surface area contributed by atoms with Gasteiger partial charge in [-0.05, 0) is 66.3 Å². The van der Waals surface area contributed by atoms with Gasteiger partial charge in [-0.1, -0.05) is 30.9 Å². The van der Waals surface area contributed by atoms with Gasteiger partial charge in [0.15, 0.2) is 5.78 Å². The Kier molecular flexibility index (Phi) is 6.94. The van der Waals surface area contributed by atoms with Crippen LogP contribution in [0.5, 0.6) is 0 Å². The maximum Gasteiger partial charge on any atom is 0.252 e. The van der Waals surface area contributed by atoms with E-state index in [1.54, 1.807) is 36.7 Å². The Bertz CT molecular complexity index is 1120. The normalized spacial score (nSPS) is 21.3. The molecule has 4 rings (SSSR count). The molecule has 170 valence electrons. The molecule has 1 fully saturated rings. The van der Waals surface area contributed by atoms with Gasteiger partial charge < -0.3 is 10.6 Å². The first-order valence-electron chi connectivity index (χ1n) is 11.2. The number of amides is 1. The first kappa shape index (κ1) is 22.8. The summed E-state index contributed by atoms with van der Waals surface area (Å²) >= 11 is 0. The quantitative estimate of drug-likeness (QED) is 0.438. The molecular weight excluding hydrogens is 417 g/mol. The minimum Gasteiger partial charge on any atom is -0.348 e. The third-order valence-corrected chi connectivity index (χ3v) is 6.02. The molecule has 1 aromatic heterocycles. The number of ketones is 1. The molecule has 1 aliphatic carbocycles. The monoisotopic (exact) mass is 445 g/mol. The SMILES string of the molecule is C=C(CCC1=CC(F)CC=C1)c1cc(C(=O)C2NC2C)ccc1C(=O)NCc1cccnc1. The second-order valence-corrected chi connectivity index (χ2v) is 8.60. The van der Waals surface area contributed by atoms with E-state index in [0.29, 0.717) is 42.5 Å². The number of benzene rings is 1. The first-order valence-corrected chi connectivity index (χ1v) is 11.2. The average Bonchev–Trinajstić information content (AvgIpc) is 3.57. The zero-order chi connectivity index (χ0) is 23.4. The Morgan fingerprint density at radius 3 is 2.79 bits per heavy atom. The van der Waals surface area contributed by atoms with Crippen molar-refractivity contribution in [2.24, 2.45) is 0 Å². The van der Waals surface area contributed by atoms with Crippen molar-refractivity contribution in [1.82, 2.24) is 15.6 Å². The Morgan fingerprint density at radius 2 is 2.09 bits per heavy atom. The molecule has 0 bridgehead atoms. The first-order chi connectivity index (χ1) is 15.9. The van der Waals surface area contributed by atoms with E-state index >= 15 is 0 Å². The van der Waals surface area contributed by atoms with Crippen LogP contribution in [-0.4, -0.2) is 34.9 Å². The minimum atomic E-state index is -0.957. The van der Waals surface area contributed by atoms with Crippen molar-refractivity contribution in [2.75, 3.05) is 0 Å². The molecule has 3 unspecified atom stereocenters. The number of halogens is 1. The van der Waals surface area contributed by atoms with Gasteiger partial charge in [-0.25, -0.2) is 4.39 Å². The molecule has 2 N–H and O–H groups in total. The van der Waals surface area contributed by atoms with Crippen LogP contribution in [0.3, 0.4) is 0 Å². The van der Waals surface area contributed by atoms with Crippen molar-refractivity contribution in [3.8, 4) is 0 Å². The molecule has 5 nitrogen and oxygen atoms in total. The summed E-state index contributed by atoms with van der Waals surface area (Å²) in [6.07, 6.45) is 9.41. The van der Waals surface area contributed by atoms with Crippen LogP contribution in [0.25, 0.3) is 5.57 Å². The van der Waals surface area contributed by atoms with E-state index in [0.717, 1.165) is 16.7 Å². The lowest BCUT2D eigenvalue weighted by atomic mass is 9.91. The summed E-state index contributed by atoms with van der Waals surface area (Å²) in [6, 6.07) is 8.84. The predicted octanol–water partition coefficient (Wildman–Crippen LogP) is 4.57. The number of hydrogen-bond donors (Lipinski definition) is 2. The van der Waals surface area contributed by atoms with Gasteiger partial charge in [-0.15, -0.1) is 0 Å². The summed E-state index contributed by atoms with van der Waals surface area (Å²) in [5, 5.41) is 6.04. The van der Waals surface area contributed by atoms with E-state index in [4.69, 9.17) is 0 Å². The van der Waals surface area contributed by atoms with Crippen molar-refractivity contribution < 1.29 is 14.0 Å². The number of alkyl halides is 1. The predicted molar refractivity (Wildman–Crippen MR) is 128 cm³/mol. The van der Waals surface area contributed by atoms with Crippen LogP contribution in [-0.2, 0) is 6.54 Å². The van der Waals surface area contributed by atoms with Crippen molar-refractivity contribution in [2.45, 2.75) is 51.0 Å². The molecule has 6 heteroatoms. The molecule has 1 amide bonds. The fraction of sp³-hybridized carbons (Fsp3) is 0.296. The lowest BCUT2D eigenvalue weighted by Gasteiger charge is -2.15. The Morgan fingerprint density at radius 1 is 1.27 bits per heavy atom. The third kappa shape index (κ3) is 5.71. The second kappa shape index (κ2) is 10.0. The highest BCUT2D eigenvalue weighted by molar-refractivity contribution is 6.05. The largest absolute Gasteiger partial charge is 0.348 e.